The molecule has 0 amide bonds. The molecule has 150 valence electrons. The smallest absolute Gasteiger partial charge is 0.0184 e. The summed E-state index contributed by atoms with van der Waals surface area (Å²) < 4.78 is 0. The van der Waals surface area contributed by atoms with Gasteiger partial charge in [0.2, 0.25) is 0 Å². The van der Waals surface area contributed by atoms with Gasteiger partial charge in [-0.05, 0) is 85.8 Å². The Balaban J connectivity index is 1.22. The molecule has 2 aromatic rings. The van der Waals surface area contributed by atoms with Gasteiger partial charge in [-0.1, -0.05) is 86.7 Å². The molecular weight excluding hydrogens is 336 g/mol. The standard InChI is InChI=1S/C28H38/c1-21-3-13-25(14-4-21)27-17-9-23(10-18-27)7-8-24-11-19-28(20-12-24)26-15-5-22(2)6-16-26/h3-4,9-10,13-14,17-18,22,24,26,28H,5-8,11-12,15-16,19-20H2,1-2H3. The van der Waals surface area contributed by atoms with Crippen LogP contribution in [0.25, 0.3) is 11.1 Å². The first-order valence-corrected chi connectivity index (χ1v) is 11.8. The van der Waals surface area contributed by atoms with E-state index in [1.807, 2.05) is 0 Å². The number of hydrogen-bond acceptors (Lipinski definition) is 0. The average molecular weight is 375 g/mol. The maximum absolute atomic E-state index is 2.44. The van der Waals surface area contributed by atoms with Gasteiger partial charge in [-0.3, -0.25) is 0 Å². The summed E-state index contributed by atoms with van der Waals surface area (Å²) in [6.45, 7) is 4.59. The van der Waals surface area contributed by atoms with Crippen LogP contribution in [0.4, 0.5) is 0 Å². The Morgan fingerprint density at radius 3 is 1.71 bits per heavy atom. The van der Waals surface area contributed by atoms with Crippen molar-refractivity contribution >= 4 is 0 Å². The fraction of sp³-hybridized carbons (Fsp3) is 0.571. The molecule has 2 fully saturated rings. The topological polar surface area (TPSA) is 0 Å². The van der Waals surface area contributed by atoms with Crippen LogP contribution in [0.3, 0.4) is 0 Å². The summed E-state index contributed by atoms with van der Waals surface area (Å²) in [5, 5.41) is 0. The van der Waals surface area contributed by atoms with E-state index in [1.54, 1.807) is 0 Å². The third-order valence-electron chi connectivity index (χ3n) is 7.80. The minimum atomic E-state index is 0.968. The molecule has 0 nitrogen and oxygen atoms in total. The molecule has 0 heterocycles. The molecule has 2 aromatic carbocycles. The lowest BCUT2D eigenvalue weighted by atomic mass is 9.69. The highest BCUT2D eigenvalue weighted by atomic mass is 14.3. The fourth-order valence-corrected chi connectivity index (χ4v) is 5.69. The maximum Gasteiger partial charge on any atom is -0.0184 e. The lowest BCUT2D eigenvalue weighted by Crippen LogP contribution is -2.25. The zero-order valence-corrected chi connectivity index (χ0v) is 18.0. The predicted molar refractivity (Wildman–Crippen MR) is 122 cm³/mol. The van der Waals surface area contributed by atoms with Gasteiger partial charge in [0, 0.05) is 0 Å². The van der Waals surface area contributed by atoms with E-state index < -0.39 is 0 Å². The third-order valence-corrected chi connectivity index (χ3v) is 7.80. The van der Waals surface area contributed by atoms with E-state index in [2.05, 4.69) is 62.4 Å². The van der Waals surface area contributed by atoms with Crippen LogP contribution in [-0.4, -0.2) is 0 Å². The highest BCUT2D eigenvalue weighted by Crippen LogP contribution is 2.42. The quantitative estimate of drug-likeness (QED) is 0.494. The van der Waals surface area contributed by atoms with Crippen LogP contribution in [0.2, 0.25) is 0 Å². The molecule has 0 spiro atoms. The van der Waals surface area contributed by atoms with E-state index in [1.165, 1.54) is 86.5 Å². The Hall–Kier alpha value is -1.56. The highest BCUT2D eigenvalue weighted by molar-refractivity contribution is 5.63. The van der Waals surface area contributed by atoms with Crippen LogP contribution in [0.15, 0.2) is 48.5 Å². The first-order chi connectivity index (χ1) is 13.7. The molecule has 0 heteroatoms. The van der Waals surface area contributed by atoms with Gasteiger partial charge in [-0.2, -0.15) is 0 Å². The SMILES string of the molecule is Cc1ccc(-c2ccc(CCC3CCC(C4CCC(C)CC4)CC3)cc2)cc1. The van der Waals surface area contributed by atoms with Gasteiger partial charge < -0.3 is 0 Å². The summed E-state index contributed by atoms with van der Waals surface area (Å²) in [6, 6.07) is 18.2. The van der Waals surface area contributed by atoms with E-state index in [9.17, 15) is 0 Å². The Morgan fingerprint density at radius 2 is 1.14 bits per heavy atom. The number of hydrogen-bond donors (Lipinski definition) is 0. The predicted octanol–water partition coefficient (Wildman–Crippen LogP) is 8.23. The molecule has 28 heavy (non-hydrogen) atoms. The Kier molecular flexibility index (Phi) is 6.55. The van der Waals surface area contributed by atoms with Crippen molar-refractivity contribution < 1.29 is 0 Å². The van der Waals surface area contributed by atoms with E-state index in [-0.39, 0.29) is 0 Å². The lowest BCUT2D eigenvalue weighted by Gasteiger charge is -2.37. The molecule has 2 aliphatic carbocycles. The van der Waals surface area contributed by atoms with Crippen molar-refractivity contribution in [3.8, 4) is 11.1 Å². The highest BCUT2D eigenvalue weighted by Gasteiger charge is 2.29. The van der Waals surface area contributed by atoms with Gasteiger partial charge in [-0.15, -0.1) is 0 Å². The van der Waals surface area contributed by atoms with Crippen LogP contribution in [0, 0.1) is 30.6 Å². The van der Waals surface area contributed by atoms with E-state index in [4.69, 9.17) is 0 Å². The first-order valence-electron chi connectivity index (χ1n) is 11.8. The van der Waals surface area contributed by atoms with Crippen molar-refractivity contribution in [1.29, 1.82) is 0 Å². The molecule has 0 aromatic heterocycles. The zero-order chi connectivity index (χ0) is 19.3. The fourth-order valence-electron chi connectivity index (χ4n) is 5.69. The minimum Gasteiger partial charge on any atom is -0.0625 e. The molecule has 0 radical (unpaired) electrons. The summed E-state index contributed by atoms with van der Waals surface area (Å²) in [4.78, 5) is 0. The van der Waals surface area contributed by atoms with E-state index in [0.29, 0.717) is 0 Å². The van der Waals surface area contributed by atoms with E-state index >= 15 is 0 Å². The lowest BCUT2D eigenvalue weighted by molar-refractivity contribution is 0.148. The second-order valence-electron chi connectivity index (χ2n) is 9.90. The zero-order valence-electron chi connectivity index (χ0n) is 18.0. The molecule has 4 rings (SSSR count). The van der Waals surface area contributed by atoms with Gasteiger partial charge in [0.25, 0.3) is 0 Å². The summed E-state index contributed by atoms with van der Waals surface area (Å²) in [5.41, 5.74) is 5.51. The molecule has 0 saturated heterocycles. The molecule has 0 N–H and O–H groups in total. The number of rotatable bonds is 5. The van der Waals surface area contributed by atoms with Crippen LogP contribution < -0.4 is 0 Å². The molecule has 0 atom stereocenters. The van der Waals surface area contributed by atoms with Gasteiger partial charge >= 0.3 is 0 Å². The maximum atomic E-state index is 2.44. The third kappa shape index (κ3) is 5.07. The Bertz CT molecular complexity index is 708. The monoisotopic (exact) mass is 374 g/mol. The van der Waals surface area contributed by atoms with Crippen LogP contribution in [-0.2, 0) is 6.42 Å². The second-order valence-corrected chi connectivity index (χ2v) is 9.90. The second kappa shape index (κ2) is 9.29. The van der Waals surface area contributed by atoms with Crippen molar-refractivity contribution in [2.75, 3.05) is 0 Å². The summed E-state index contributed by atoms with van der Waals surface area (Å²) in [5.74, 6) is 4.07. The first kappa shape index (κ1) is 19.7. The van der Waals surface area contributed by atoms with Crippen LogP contribution in [0.5, 0.6) is 0 Å². The van der Waals surface area contributed by atoms with Crippen molar-refractivity contribution in [3.05, 3.63) is 59.7 Å². The van der Waals surface area contributed by atoms with Gasteiger partial charge in [-0.25, -0.2) is 0 Å². The minimum absolute atomic E-state index is 0.968. The summed E-state index contributed by atoms with van der Waals surface area (Å²) >= 11 is 0. The summed E-state index contributed by atoms with van der Waals surface area (Å²) in [6.07, 6.45) is 14.6. The Morgan fingerprint density at radius 1 is 0.643 bits per heavy atom. The van der Waals surface area contributed by atoms with Gasteiger partial charge in [0.15, 0.2) is 0 Å². The molecule has 0 unspecified atom stereocenters. The normalized spacial score (nSPS) is 28.2. The van der Waals surface area contributed by atoms with Gasteiger partial charge in [0.05, 0.1) is 0 Å². The van der Waals surface area contributed by atoms with Crippen molar-refractivity contribution in [2.45, 2.75) is 78.1 Å². The molecule has 0 bridgehead atoms. The largest absolute Gasteiger partial charge is 0.0625 e. The number of aryl methyl sites for hydroxylation is 2. The molecular formula is C28H38. The average Bonchev–Trinajstić information content (AvgIpc) is 2.74. The van der Waals surface area contributed by atoms with Crippen LogP contribution in [0.1, 0.15) is 75.8 Å². The van der Waals surface area contributed by atoms with Crippen molar-refractivity contribution in [3.63, 3.8) is 0 Å². The molecule has 0 aliphatic heterocycles. The van der Waals surface area contributed by atoms with Crippen molar-refractivity contribution in [2.24, 2.45) is 23.7 Å². The number of benzene rings is 2. The summed E-state index contributed by atoms with van der Waals surface area (Å²) in [7, 11) is 0. The molecule has 2 saturated carbocycles. The molecule has 2 aliphatic rings. The van der Waals surface area contributed by atoms with E-state index in [0.717, 1.165) is 23.7 Å². The Labute approximate surface area is 172 Å². The van der Waals surface area contributed by atoms with Gasteiger partial charge in [0.1, 0.15) is 0 Å². The van der Waals surface area contributed by atoms with Crippen LogP contribution >= 0.6 is 0 Å². The van der Waals surface area contributed by atoms with Crippen molar-refractivity contribution in [1.82, 2.24) is 0 Å².